The second-order valence-corrected chi connectivity index (χ2v) is 6.32. The van der Waals surface area contributed by atoms with E-state index in [1.807, 2.05) is 17.8 Å². The predicted octanol–water partition coefficient (Wildman–Crippen LogP) is 1.40. The molecule has 98 valence electrons. The molecule has 1 unspecified atom stereocenters. The molecule has 0 aromatic carbocycles. The number of nitrogens with one attached hydrogen (secondary N) is 1. The fraction of sp³-hybridized carbons (Fsp3) is 0.455. The van der Waals surface area contributed by atoms with E-state index in [0.717, 1.165) is 17.9 Å². The molecular formula is C11H15N3O2S2. The van der Waals surface area contributed by atoms with Gasteiger partial charge in [0, 0.05) is 10.6 Å². The molecule has 0 aliphatic carbocycles. The molecule has 4 N–H and O–H groups in total. The first-order valence-corrected chi connectivity index (χ1v) is 7.56. The normalized spacial score (nSPS) is 17.1. The molecule has 0 bridgehead atoms. The number of nitrogens with two attached hydrogens (primary N) is 1. The lowest BCUT2D eigenvalue weighted by atomic mass is 10.2. The third kappa shape index (κ3) is 2.78. The van der Waals surface area contributed by atoms with Gasteiger partial charge in [-0.3, -0.25) is 4.79 Å². The average Bonchev–Trinajstić information content (AvgIpc) is 2.81. The maximum atomic E-state index is 12.0. The van der Waals surface area contributed by atoms with E-state index >= 15 is 0 Å². The summed E-state index contributed by atoms with van der Waals surface area (Å²) in [6.45, 7) is 1.68. The van der Waals surface area contributed by atoms with Crippen molar-refractivity contribution in [1.82, 2.24) is 5.32 Å². The lowest BCUT2D eigenvalue weighted by Gasteiger charge is -2.10. The second kappa shape index (κ2) is 5.62. The average molecular weight is 285 g/mol. The smallest absolute Gasteiger partial charge is 0.261 e. The molecule has 1 aromatic heterocycles. The number of carbonyl (C=O) groups excluding carboxylic acids is 1. The molecule has 18 heavy (non-hydrogen) atoms. The summed E-state index contributed by atoms with van der Waals surface area (Å²) >= 11 is 3.42. The highest BCUT2D eigenvalue weighted by Gasteiger charge is 2.19. The highest BCUT2D eigenvalue weighted by Crippen LogP contribution is 2.31. The van der Waals surface area contributed by atoms with Crippen LogP contribution in [0.15, 0.2) is 11.2 Å². The Labute approximate surface area is 113 Å². The number of nitrogens with zero attached hydrogens (tertiary/aromatic N) is 1. The molecule has 0 radical (unpaired) electrons. The van der Waals surface area contributed by atoms with Crippen molar-refractivity contribution in [3.05, 3.63) is 21.4 Å². The summed E-state index contributed by atoms with van der Waals surface area (Å²) in [7, 11) is 0. The molecule has 1 atom stereocenters. The van der Waals surface area contributed by atoms with Crippen LogP contribution in [-0.4, -0.2) is 28.7 Å². The predicted molar refractivity (Wildman–Crippen MR) is 74.5 cm³/mol. The summed E-state index contributed by atoms with van der Waals surface area (Å²) in [5.74, 6) is 1.93. The number of thioether (sulfide) groups is 1. The molecular weight excluding hydrogens is 270 g/mol. The minimum Gasteiger partial charge on any atom is -0.409 e. The Hall–Kier alpha value is -1.21. The zero-order valence-electron chi connectivity index (χ0n) is 9.97. The fourth-order valence-electron chi connectivity index (χ4n) is 1.69. The number of oxime groups is 1. The van der Waals surface area contributed by atoms with Gasteiger partial charge in [0.25, 0.3) is 5.91 Å². The van der Waals surface area contributed by atoms with Crippen LogP contribution in [0.4, 0.5) is 0 Å². The van der Waals surface area contributed by atoms with Crippen molar-refractivity contribution >= 4 is 34.8 Å². The Morgan fingerprint density at radius 1 is 1.67 bits per heavy atom. The van der Waals surface area contributed by atoms with Gasteiger partial charge in [-0.15, -0.1) is 11.3 Å². The summed E-state index contributed by atoms with van der Waals surface area (Å²) in [6.07, 6.45) is 1.04. The Balaban J connectivity index is 2.07. The summed E-state index contributed by atoms with van der Waals surface area (Å²) in [6, 6.07) is 1.47. The standard InChI is InChI=1S/C11H15N3O2S2/c1-6(10(12)14-16)13-11(15)9-4-7-5-17-3-2-8(7)18-9/h4,6,16H,2-3,5H2,1H3,(H2,12,14)(H,13,15). The number of rotatable bonds is 3. The van der Waals surface area contributed by atoms with Gasteiger partial charge in [0.05, 0.1) is 10.9 Å². The molecule has 1 aliphatic heterocycles. The largest absolute Gasteiger partial charge is 0.409 e. The van der Waals surface area contributed by atoms with Crippen LogP contribution in [0, 0.1) is 0 Å². The Kier molecular flexibility index (Phi) is 4.13. The molecule has 2 heterocycles. The number of hydrogen-bond donors (Lipinski definition) is 3. The van der Waals surface area contributed by atoms with Crippen molar-refractivity contribution in [2.75, 3.05) is 5.75 Å². The summed E-state index contributed by atoms with van der Waals surface area (Å²) in [4.78, 5) is 14.0. The van der Waals surface area contributed by atoms with E-state index in [1.165, 1.54) is 21.8 Å². The highest BCUT2D eigenvalue weighted by molar-refractivity contribution is 7.98. The van der Waals surface area contributed by atoms with Crippen LogP contribution in [0.25, 0.3) is 0 Å². The van der Waals surface area contributed by atoms with Crippen LogP contribution >= 0.6 is 23.1 Å². The summed E-state index contributed by atoms with van der Waals surface area (Å²) < 4.78 is 0. The van der Waals surface area contributed by atoms with Gasteiger partial charge in [-0.05, 0) is 30.7 Å². The number of amides is 1. The Morgan fingerprint density at radius 2 is 2.44 bits per heavy atom. The number of amidine groups is 1. The monoisotopic (exact) mass is 285 g/mol. The van der Waals surface area contributed by atoms with Crippen molar-refractivity contribution in [2.24, 2.45) is 10.9 Å². The number of thiophene rings is 1. The van der Waals surface area contributed by atoms with Crippen molar-refractivity contribution in [2.45, 2.75) is 25.1 Å². The Morgan fingerprint density at radius 3 is 3.11 bits per heavy atom. The van der Waals surface area contributed by atoms with Crippen molar-refractivity contribution in [3.8, 4) is 0 Å². The van der Waals surface area contributed by atoms with Gasteiger partial charge in [0.2, 0.25) is 0 Å². The van der Waals surface area contributed by atoms with E-state index in [4.69, 9.17) is 10.9 Å². The van der Waals surface area contributed by atoms with E-state index in [-0.39, 0.29) is 11.7 Å². The van der Waals surface area contributed by atoms with Gasteiger partial charge in [0.1, 0.15) is 0 Å². The summed E-state index contributed by atoms with van der Waals surface area (Å²) in [5, 5.41) is 14.1. The van der Waals surface area contributed by atoms with Gasteiger partial charge < -0.3 is 16.3 Å². The molecule has 5 nitrogen and oxygen atoms in total. The maximum Gasteiger partial charge on any atom is 0.261 e. The van der Waals surface area contributed by atoms with E-state index in [0.29, 0.717) is 4.88 Å². The number of carbonyl (C=O) groups is 1. The number of hydrogen-bond acceptors (Lipinski definition) is 5. The molecule has 0 saturated heterocycles. The minimum absolute atomic E-state index is 0.000208. The van der Waals surface area contributed by atoms with E-state index in [1.54, 1.807) is 6.92 Å². The van der Waals surface area contributed by atoms with Crippen LogP contribution in [-0.2, 0) is 12.2 Å². The third-order valence-corrected chi connectivity index (χ3v) is 5.00. The molecule has 0 spiro atoms. The lowest BCUT2D eigenvalue weighted by Crippen LogP contribution is -2.42. The number of aryl methyl sites for hydroxylation is 1. The van der Waals surface area contributed by atoms with E-state index < -0.39 is 6.04 Å². The van der Waals surface area contributed by atoms with E-state index in [2.05, 4.69) is 10.5 Å². The molecule has 1 amide bonds. The van der Waals surface area contributed by atoms with Crippen LogP contribution in [0.2, 0.25) is 0 Å². The zero-order chi connectivity index (χ0) is 13.1. The van der Waals surface area contributed by atoms with Crippen molar-refractivity contribution < 1.29 is 10.0 Å². The quantitative estimate of drug-likeness (QED) is 0.339. The number of fused-ring (bicyclic) bond motifs is 1. The molecule has 2 rings (SSSR count). The van der Waals surface area contributed by atoms with Gasteiger partial charge in [-0.1, -0.05) is 5.16 Å². The van der Waals surface area contributed by atoms with Crippen molar-refractivity contribution in [3.63, 3.8) is 0 Å². The fourth-order valence-corrected chi connectivity index (χ4v) is 3.96. The molecule has 0 saturated carbocycles. The lowest BCUT2D eigenvalue weighted by molar-refractivity contribution is 0.0952. The van der Waals surface area contributed by atoms with E-state index in [9.17, 15) is 4.79 Å². The second-order valence-electron chi connectivity index (χ2n) is 4.08. The van der Waals surface area contributed by atoms with Crippen LogP contribution in [0.5, 0.6) is 0 Å². The first kappa shape index (κ1) is 13.2. The highest BCUT2D eigenvalue weighted by atomic mass is 32.2. The van der Waals surface area contributed by atoms with Gasteiger partial charge in [-0.2, -0.15) is 11.8 Å². The SMILES string of the molecule is CC(NC(=O)c1cc2c(s1)CCSC2)C(N)=NO. The minimum atomic E-state index is -0.476. The first-order chi connectivity index (χ1) is 8.61. The topological polar surface area (TPSA) is 87.7 Å². The van der Waals surface area contributed by atoms with Crippen LogP contribution in [0.1, 0.15) is 27.0 Å². The molecule has 1 aromatic rings. The van der Waals surface area contributed by atoms with Gasteiger partial charge in [0.15, 0.2) is 5.84 Å². The summed E-state index contributed by atoms with van der Waals surface area (Å²) in [5.41, 5.74) is 6.69. The Bertz CT molecular complexity index is 461. The van der Waals surface area contributed by atoms with Gasteiger partial charge in [-0.25, -0.2) is 0 Å². The molecule has 7 heteroatoms. The molecule has 0 fully saturated rings. The van der Waals surface area contributed by atoms with Crippen molar-refractivity contribution in [1.29, 1.82) is 0 Å². The van der Waals surface area contributed by atoms with Crippen LogP contribution in [0.3, 0.4) is 0 Å². The third-order valence-electron chi connectivity index (χ3n) is 2.76. The molecule has 1 aliphatic rings. The van der Waals surface area contributed by atoms with Crippen LogP contribution < -0.4 is 11.1 Å². The van der Waals surface area contributed by atoms with Gasteiger partial charge >= 0.3 is 0 Å². The maximum absolute atomic E-state index is 12.0. The zero-order valence-corrected chi connectivity index (χ0v) is 11.6. The first-order valence-electron chi connectivity index (χ1n) is 5.59.